The van der Waals surface area contributed by atoms with Gasteiger partial charge < -0.3 is 10.5 Å². The highest BCUT2D eigenvalue weighted by Crippen LogP contribution is 2.16. The Hall–Kier alpha value is -1.39. The molecule has 0 aliphatic heterocycles. The van der Waals surface area contributed by atoms with Crippen molar-refractivity contribution in [1.82, 2.24) is 4.98 Å². The molecule has 0 unspecified atom stereocenters. The fourth-order valence-corrected chi connectivity index (χ4v) is 2.22. The van der Waals surface area contributed by atoms with Crippen LogP contribution in [0.4, 0.5) is 0 Å². The Morgan fingerprint density at radius 2 is 2.05 bits per heavy atom. The predicted octanol–water partition coefficient (Wildman–Crippen LogP) is 3.44. The fourth-order valence-electron chi connectivity index (χ4n) is 1.78. The molecule has 1 heterocycles. The number of hydrogen-bond acceptors (Lipinski definition) is 3. The maximum Gasteiger partial charge on any atom is 0.214 e. The van der Waals surface area contributed by atoms with Crippen LogP contribution in [0.1, 0.15) is 23.7 Å². The van der Waals surface area contributed by atoms with E-state index in [1.54, 1.807) is 0 Å². The third kappa shape index (κ3) is 4.04. The summed E-state index contributed by atoms with van der Waals surface area (Å²) in [5.74, 6) is 0.639. The second-order valence-electron chi connectivity index (χ2n) is 4.28. The highest BCUT2D eigenvalue weighted by atomic mass is 79.9. The Bertz CT molecular complexity index is 535. The maximum atomic E-state index is 5.74. The van der Waals surface area contributed by atoms with Gasteiger partial charge in [0.05, 0.1) is 0 Å². The molecular formula is C15H17BrN2O. The molecule has 0 radical (unpaired) electrons. The van der Waals surface area contributed by atoms with Gasteiger partial charge in [-0.2, -0.15) is 0 Å². The van der Waals surface area contributed by atoms with Gasteiger partial charge in [-0.25, -0.2) is 4.98 Å². The van der Waals surface area contributed by atoms with Gasteiger partial charge in [-0.1, -0.05) is 35.0 Å². The Balaban J connectivity index is 2.10. The third-order valence-electron chi connectivity index (χ3n) is 2.79. The summed E-state index contributed by atoms with van der Waals surface area (Å²) in [5, 5.41) is 0. The molecule has 1 aromatic heterocycles. The Morgan fingerprint density at radius 1 is 1.21 bits per heavy atom. The van der Waals surface area contributed by atoms with Crippen molar-refractivity contribution in [2.75, 3.05) is 0 Å². The maximum absolute atomic E-state index is 5.74. The van der Waals surface area contributed by atoms with E-state index in [4.69, 9.17) is 10.5 Å². The number of nitrogens with zero attached hydrogens (tertiary/aromatic N) is 1. The lowest BCUT2D eigenvalue weighted by Crippen LogP contribution is -2.03. The number of pyridine rings is 1. The van der Waals surface area contributed by atoms with Crippen LogP contribution in [0.15, 0.2) is 40.9 Å². The fraction of sp³-hybridized carbons (Fsp3) is 0.267. The van der Waals surface area contributed by atoms with Gasteiger partial charge in [-0.05, 0) is 35.7 Å². The van der Waals surface area contributed by atoms with E-state index in [0.29, 0.717) is 19.0 Å². The summed E-state index contributed by atoms with van der Waals surface area (Å²) in [6.07, 6.45) is 0.876. The molecule has 0 bridgehead atoms. The average molecular weight is 321 g/mol. The van der Waals surface area contributed by atoms with Crippen LogP contribution in [0.2, 0.25) is 0 Å². The molecule has 2 aromatic rings. The summed E-state index contributed by atoms with van der Waals surface area (Å²) < 4.78 is 6.79. The van der Waals surface area contributed by atoms with Crippen LogP contribution in [0, 0.1) is 0 Å². The van der Waals surface area contributed by atoms with E-state index >= 15 is 0 Å². The normalized spacial score (nSPS) is 10.5. The number of rotatable bonds is 5. The standard InChI is InChI=1S/C15H17BrN2O/c1-2-14-7-12(9-17)8-15(18-14)19-10-11-4-3-5-13(16)6-11/h3-8H,2,9-10,17H2,1H3. The van der Waals surface area contributed by atoms with Crippen LogP contribution < -0.4 is 10.5 Å². The summed E-state index contributed by atoms with van der Waals surface area (Å²) in [7, 11) is 0. The Labute approximate surface area is 121 Å². The van der Waals surface area contributed by atoms with E-state index in [-0.39, 0.29) is 0 Å². The number of benzene rings is 1. The van der Waals surface area contributed by atoms with Crippen LogP contribution in [0.5, 0.6) is 5.88 Å². The highest BCUT2D eigenvalue weighted by Gasteiger charge is 2.03. The van der Waals surface area contributed by atoms with Crippen molar-refractivity contribution in [2.45, 2.75) is 26.5 Å². The van der Waals surface area contributed by atoms with Crippen molar-refractivity contribution < 1.29 is 4.74 Å². The highest BCUT2D eigenvalue weighted by molar-refractivity contribution is 9.10. The SMILES string of the molecule is CCc1cc(CN)cc(OCc2cccc(Br)c2)n1. The minimum atomic E-state index is 0.503. The largest absolute Gasteiger partial charge is 0.473 e. The molecule has 0 saturated carbocycles. The van der Waals surface area contributed by atoms with E-state index in [9.17, 15) is 0 Å². The number of aryl methyl sites for hydroxylation is 1. The molecular weight excluding hydrogens is 304 g/mol. The lowest BCUT2D eigenvalue weighted by Gasteiger charge is -2.09. The first kappa shape index (κ1) is 14.0. The molecule has 0 aliphatic carbocycles. The van der Waals surface area contributed by atoms with Crippen LogP contribution in [0.3, 0.4) is 0 Å². The third-order valence-corrected chi connectivity index (χ3v) is 3.28. The molecule has 0 amide bonds. The van der Waals surface area contributed by atoms with Crippen LogP contribution in [-0.2, 0) is 19.6 Å². The predicted molar refractivity (Wildman–Crippen MR) is 80.0 cm³/mol. The second-order valence-corrected chi connectivity index (χ2v) is 5.20. The lowest BCUT2D eigenvalue weighted by atomic mass is 10.2. The summed E-state index contributed by atoms with van der Waals surface area (Å²) in [4.78, 5) is 4.45. The van der Waals surface area contributed by atoms with Gasteiger partial charge in [-0.15, -0.1) is 0 Å². The first-order valence-electron chi connectivity index (χ1n) is 6.28. The molecule has 0 saturated heterocycles. The van der Waals surface area contributed by atoms with Gasteiger partial charge in [-0.3, -0.25) is 0 Å². The molecule has 0 fully saturated rings. The lowest BCUT2D eigenvalue weighted by molar-refractivity contribution is 0.292. The van der Waals surface area contributed by atoms with Gasteiger partial charge in [0.25, 0.3) is 0 Å². The van der Waals surface area contributed by atoms with Crippen molar-refractivity contribution in [1.29, 1.82) is 0 Å². The monoisotopic (exact) mass is 320 g/mol. The molecule has 2 rings (SSSR count). The molecule has 19 heavy (non-hydrogen) atoms. The first-order valence-corrected chi connectivity index (χ1v) is 7.07. The Morgan fingerprint density at radius 3 is 2.74 bits per heavy atom. The molecule has 100 valence electrons. The van der Waals surface area contributed by atoms with Gasteiger partial charge in [0.15, 0.2) is 0 Å². The quantitative estimate of drug-likeness (QED) is 0.918. The zero-order valence-electron chi connectivity index (χ0n) is 10.9. The topological polar surface area (TPSA) is 48.1 Å². The van der Waals surface area contributed by atoms with Gasteiger partial charge in [0, 0.05) is 22.8 Å². The number of ether oxygens (including phenoxy) is 1. The zero-order valence-corrected chi connectivity index (χ0v) is 12.5. The van der Waals surface area contributed by atoms with E-state index < -0.39 is 0 Å². The first-order chi connectivity index (χ1) is 9.21. The van der Waals surface area contributed by atoms with Crippen molar-refractivity contribution in [3.8, 4) is 5.88 Å². The molecule has 0 atom stereocenters. The number of aromatic nitrogens is 1. The number of nitrogens with two attached hydrogens (primary N) is 1. The van der Waals surface area contributed by atoms with Crippen LogP contribution >= 0.6 is 15.9 Å². The average Bonchev–Trinajstić information content (AvgIpc) is 2.44. The molecule has 0 aliphatic rings. The molecule has 1 aromatic carbocycles. The van der Waals surface area contributed by atoms with E-state index in [1.807, 2.05) is 36.4 Å². The minimum Gasteiger partial charge on any atom is -0.473 e. The molecule has 2 N–H and O–H groups in total. The number of hydrogen-bond donors (Lipinski definition) is 1. The van der Waals surface area contributed by atoms with Crippen molar-refractivity contribution in [3.05, 3.63) is 57.7 Å². The van der Waals surface area contributed by atoms with Gasteiger partial charge >= 0.3 is 0 Å². The summed E-state index contributed by atoms with van der Waals surface area (Å²) >= 11 is 3.45. The Kier molecular flexibility index (Phi) is 4.93. The van der Waals surface area contributed by atoms with Crippen LogP contribution in [0.25, 0.3) is 0 Å². The minimum absolute atomic E-state index is 0.503. The van der Waals surface area contributed by atoms with Crippen molar-refractivity contribution >= 4 is 15.9 Å². The zero-order chi connectivity index (χ0) is 13.7. The van der Waals surface area contributed by atoms with E-state index in [2.05, 4.69) is 27.8 Å². The van der Waals surface area contributed by atoms with Crippen LogP contribution in [-0.4, -0.2) is 4.98 Å². The molecule has 4 heteroatoms. The summed E-state index contributed by atoms with van der Waals surface area (Å²) in [6, 6.07) is 12.0. The smallest absolute Gasteiger partial charge is 0.214 e. The summed E-state index contributed by atoms with van der Waals surface area (Å²) in [5.41, 5.74) is 8.84. The van der Waals surface area contributed by atoms with Gasteiger partial charge in [0.2, 0.25) is 5.88 Å². The van der Waals surface area contributed by atoms with Crippen molar-refractivity contribution in [2.24, 2.45) is 5.73 Å². The summed E-state index contributed by atoms with van der Waals surface area (Å²) in [6.45, 7) is 3.08. The molecule has 0 spiro atoms. The van der Waals surface area contributed by atoms with E-state index in [1.165, 1.54) is 0 Å². The molecule has 3 nitrogen and oxygen atoms in total. The van der Waals surface area contributed by atoms with E-state index in [0.717, 1.165) is 27.7 Å². The van der Waals surface area contributed by atoms with Crippen molar-refractivity contribution in [3.63, 3.8) is 0 Å². The number of halogens is 1. The second kappa shape index (κ2) is 6.68. The van der Waals surface area contributed by atoms with Gasteiger partial charge in [0.1, 0.15) is 6.61 Å².